The van der Waals surface area contributed by atoms with Gasteiger partial charge in [0, 0.05) is 31.5 Å². The molecule has 1 aromatic rings. The first kappa shape index (κ1) is 9.22. The predicted molar refractivity (Wildman–Crippen MR) is 46.7 cm³/mol. The lowest BCUT2D eigenvalue weighted by Crippen LogP contribution is -2.16. The van der Waals surface area contributed by atoms with Crippen molar-refractivity contribution in [2.24, 2.45) is 7.05 Å². The molecular formula is C8H15N3O. The van der Waals surface area contributed by atoms with E-state index in [0.717, 1.165) is 12.0 Å². The third-order valence-electron chi connectivity index (χ3n) is 1.89. The average Bonchev–Trinajstić information content (AvgIpc) is 2.47. The van der Waals surface area contributed by atoms with E-state index in [1.54, 1.807) is 4.68 Å². The quantitative estimate of drug-likeness (QED) is 0.670. The summed E-state index contributed by atoms with van der Waals surface area (Å²) in [5.74, 6) is 0. The highest BCUT2D eigenvalue weighted by molar-refractivity contribution is 5.09. The fourth-order valence-electron chi connectivity index (χ4n) is 1.23. The third kappa shape index (κ3) is 2.06. The summed E-state index contributed by atoms with van der Waals surface area (Å²) in [6.45, 7) is 0.195. The van der Waals surface area contributed by atoms with E-state index in [9.17, 15) is 0 Å². The van der Waals surface area contributed by atoms with Crippen LogP contribution in [0.15, 0.2) is 12.4 Å². The first-order chi connectivity index (χ1) is 5.77. The maximum absolute atomic E-state index is 8.77. The van der Waals surface area contributed by atoms with E-state index in [0.29, 0.717) is 0 Å². The van der Waals surface area contributed by atoms with Gasteiger partial charge in [-0.1, -0.05) is 0 Å². The molecule has 0 saturated carbocycles. The molecule has 0 aromatic carbocycles. The SMILES string of the molecule is CNC(CCO)c1cnn(C)c1. The Morgan fingerprint density at radius 1 is 1.75 bits per heavy atom. The normalized spacial score (nSPS) is 13.2. The van der Waals surface area contributed by atoms with Crippen molar-refractivity contribution in [2.75, 3.05) is 13.7 Å². The highest BCUT2D eigenvalue weighted by Crippen LogP contribution is 2.13. The Morgan fingerprint density at radius 3 is 2.92 bits per heavy atom. The molecule has 2 N–H and O–H groups in total. The van der Waals surface area contributed by atoms with Crippen LogP contribution in [-0.4, -0.2) is 28.5 Å². The van der Waals surface area contributed by atoms with E-state index in [2.05, 4.69) is 10.4 Å². The zero-order valence-electron chi connectivity index (χ0n) is 7.49. The number of nitrogens with zero attached hydrogens (tertiary/aromatic N) is 2. The molecule has 0 saturated heterocycles. The first-order valence-corrected chi connectivity index (χ1v) is 4.04. The van der Waals surface area contributed by atoms with Crippen LogP contribution in [0.3, 0.4) is 0 Å². The molecule has 1 rings (SSSR count). The molecular weight excluding hydrogens is 154 g/mol. The van der Waals surface area contributed by atoms with Gasteiger partial charge in [0.2, 0.25) is 0 Å². The average molecular weight is 169 g/mol. The molecule has 4 nitrogen and oxygen atoms in total. The molecule has 68 valence electrons. The van der Waals surface area contributed by atoms with Crippen molar-refractivity contribution in [3.8, 4) is 0 Å². The van der Waals surface area contributed by atoms with Crippen molar-refractivity contribution >= 4 is 0 Å². The van der Waals surface area contributed by atoms with Crippen molar-refractivity contribution in [3.05, 3.63) is 18.0 Å². The van der Waals surface area contributed by atoms with Crippen LogP contribution in [0, 0.1) is 0 Å². The van der Waals surface area contributed by atoms with Crippen LogP contribution in [0.1, 0.15) is 18.0 Å². The summed E-state index contributed by atoms with van der Waals surface area (Å²) in [6.07, 6.45) is 4.50. The van der Waals surface area contributed by atoms with Crippen molar-refractivity contribution in [1.29, 1.82) is 0 Å². The molecule has 0 spiro atoms. The van der Waals surface area contributed by atoms with Crippen LogP contribution in [0.5, 0.6) is 0 Å². The molecule has 1 aromatic heterocycles. The van der Waals surface area contributed by atoms with Crippen LogP contribution < -0.4 is 5.32 Å². The van der Waals surface area contributed by atoms with Crippen molar-refractivity contribution in [1.82, 2.24) is 15.1 Å². The van der Waals surface area contributed by atoms with Crippen LogP contribution in [-0.2, 0) is 7.05 Å². The number of aliphatic hydroxyl groups is 1. The Hall–Kier alpha value is -0.870. The fourth-order valence-corrected chi connectivity index (χ4v) is 1.23. The highest BCUT2D eigenvalue weighted by atomic mass is 16.3. The number of hydrogen-bond acceptors (Lipinski definition) is 3. The molecule has 0 aliphatic heterocycles. The van der Waals surface area contributed by atoms with E-state index in [4.69, 9.17) is 5.11 Å². The number of aryl methyl sites for hydroxylation is 1. The van der Waals surface area contributed by atoms with Crippen LogP contribution in [0.4, 0.5) is 0 Å². The molecule has 1 atom stereocenters. The second-order valence-corrected chi connectivity index (χ2v) is 2.80. The molecule has 0 bridgehead atoms. The second kappa shape index (κ2) is 4.23. The first-order valence-electron chi connectivity index (χ1n) is 4.04. The van der Waals surface area contributed by atoms with E-state index in [1.807, 2.05) is 26.5 Å². The summed E-state index contributed by atoms with van der Waals surface area (Å²) >= 11 is 0. The minimum atomic E-state index is 0.195. The Bertz CT molecular complexity index is 234. The lowest BCUT2D eigenvalue weighted by molar-refractivity contribution is 0.269. The van der Waals surface area contributed by atoms with E-state index in [-0.39, 0.29) is 12.6 Å². The van der Waals surface area contributed by atoms with Gasteiger partial charge >= 0.3 is 0 Å². The highest BCUT2D eigenvalue weighted by Gasteiger charge is 2.09. The molecule has 1 heterocycles. The van der Waals surface area contributed by atoms with Gasteiger partial charge in [-0.3, -0.25) is 4.68 Å². The molecule has 4 heteroatoms. The number of rotatable bonds is 4. The Balaban J connectivity index is 2.66. The summed E-state index contributed by atoms with van der Waals surface area (Å²) in [7, 11) is 3.77. The van der Waals surface area contributed by atoms with E-state index >= 15 is 0 Å². The Labute approximate surface area is 72.2 Å². The van der Waals surface area contributed by atoms with Crippen molar-refractivity contribution < 1.29 is 5.11 Å². The Morgan fingerprint density at radius 2 is 2.50 bits per heavy atom. The molecule has 0 fully saturated rings. The maximum atomic E-state index is 8.77. The van der Waals surface area contributed by atoms with Gasteiger partial charge in [0.25, 0.3) is 0 Å². The van der Waals surface area contributed by atoms with Gasteiger partial charge in [0.15, 0.2) is 0 Å². The van der Waals surface area contributed by atoms with Gasteiger partial charge in [0.1, 0.15) is 0 Å². The van der Waals surface area contributed by atoms with Gasteiger partial charge in [-0.15, -0.1) is 0 Å². The smallest absolute Gasteiger partial charge is 0.0537 e. The molecule has 0 amide bonds. The van der Waals surface area contributed by atoms with Gasteiger partial charge in [-0.2, -0.15) is 5.10 Å². The zero-order chi connectivity index (χ0) is 8.97. The largest absolute Gasteiger partial charge is 0.396 e. The number of aromatic nitrogens is 2. The number of hydrogen-bond donors (Lipinski definition) is 2. The van der Waals surface area contributed by atoms with Gasteiger partial charge in [-0.25, -0.2) is 0 Å². The van der Waals surface area contributed by atoms with E-state index in [1.165, 1.54) is 0 Å². The maximum Gasteiger partial charge on any atom is 0.0537 e. The van der Waals surface area contributed by atoms with E-state index < -0.39 is 0 Å². The summed E-state index contributed by atoms with van der Waals surface area (Å²) in [6, 6.07) is 0.212. The second-order valence-electron chi connectivity index (χ2n) is 2.80. The molecule has 1 unspecified atom stereocenters. The minimum absolute atomic E-state index is 0.195. The fraction of sp³-hybridized carbons (Fsp3) is 0.625. The van der Waals surface area contributed by atoms with Crippen molar-refractivity contribution in [3.63, 3.8) is 0 Å². The number of nitrogens with one attached hydrogen (secondary N) is 1. The van der Waals surface area contributed by atoms with Crippen molar-refractivity contribution in [2.45, 2.75) is 12.5 Å². The summed E-state index contributed by atoms with van der Waals surface area (Å²) in [5.41, 5.74) is 1.12. The lowest BCUT2D eigenvalue weighted by Gasteiger charge is -2.11. The van der Waals surface area contributed by atoms with Crippen LogP contribution >= 0.6 is 0 Å². The molecule has 0 aliphatic rings. The summed E-state index contributed by atoms with van der Waals surface area (Å²) < 4.78 is 1.76. The van der Waals surface area contributed by atoms with Crippen LogP contribution in [0.2, 0.25) is 0 Å². The van der Waals surface area contributed by atoms with Gasteiger partial charge in [-0.05, 0) is 13.5 Å². The lowest BCUT2D eigenvalue weighted by atomic mass is 10.1. The van der Waals surface area contributed by atoms with Crippen LogP contribution in [0.25, 0.3) is 0 Å². The Kier molecular flexibility index (Phi) is 3.25. The molecule has 0 radical (unpaired) electrons. The standard InChI is InChI=1S/C8H15N3O/c1-9-8(3-4-12)7-5-10-11(2)6-7/h5-6,8-9,12H,3-4H2,1-2H3. The third-order valence-corrected chi connectivity index (χ3v) is 1.89. The number of aliphatic hydroxyl groups excluding tert-OH is 1. The zero-order valence-corrected chi connectivity index (χ0v) is 7.49. The monoisotopic (exact) mass is 169 g/mol. The van der Waals surface area contributed by atoms with Gasteiger partial charge < -0.3 is 10.4 Å². The molecule has 0 aliphatic carbocycles. The molecule has 12 heavy (non-hydrogen) atoms. The predicted octanol–water partition coefficient (Wildman–Crippen LogP) is 0.0630. The van der Waals surface area contributed by atoms with Gasteiger partial charge in [0.05, 0.1) is 6.20 Å². The minimum Gasteiger partial charge on any atom is -0.396 e. The summed E-state index contributed by atoms with van der Waals surface area (Å²) in [5, 5.41) is 16.0. The topological polar surface area (TPSA) is 50.1 Å². The summed E-state index contributed by atoms with van der Waals surface area (Å²) in [4.78, 5) is 0.